The molecule has 0 aliphatic carbocycles. The van der Waals surface area contributed by atoms with Crippen LogP contribution < -0.4 is 11.1 Å². The Hall–Kier alpha value is -3.34. The first-order chi connectivity index (χ1) is 11.2. The lowest BCUT2D eigenvalue weighted by molar-refractivity contribution is 0.469. The predicted molar refractivity (Wildman–Crippen MR) is 87.7 cm³/mol. The molecule has 0 unspecified atom stereocenters. The Morgan fingerprint density at radius 2 is 1.61 bits per heavy atom. The number of benzene rings is 2. The Kier molecular flexibility index (Phi) is 2.81. The zero-order chi connectivity index (χ0) is 16.0. The number of nitrogens with one attached hydrogen (secondary N) is 1. The van der Waals surface area contributed by atoms with Gasteiger partial charge in [0, 0.05) is 5.39 Å². The Morgan fingerprint density at radius 3 is 2.39 bits per heavy atom. The maximum atomic E-state index is 12.7. The van der Waals surface area contributed by atoms with Crippen molar-refractivity contribution in [1.29, 1.82) is 0 Å². The quantitative estimate of drug-likeness (QED) is 0.529. The van der Waals surface area contributed by atoms with E-state index < -0.39 is 5.63 Å². The number of aromatic amines is 1. The van der Waals surface area contributed by atoms with Gasteiger partial charge in [-0.25, -0.2) is 4.79 Å². The van der Waals surface area contributed by atoms with Crippen molar-refractivity contribution >= 4 is 22.0 Å². The van der Waals surface area contributed by atoms with Crippen LogP contribution in [0.1, 0.15) is 0 Å². The maximum Gasteiger partial charge on any atom is 0.349 e. The van der Waals surface area contributed by atoms with Crippen molar-refractivity contribution in [1.82, 2.24) is 4.98 Å². The molecule has 2 heterocycles. The lowest BCUT2D eigenvalue weighted by Crippen LogP contribution is -2.10. The predicted octanol–water partition coefficient (Wildman–Crippen LogP) is 3.01. The van der Waals surface area contributed by atoms with Gasteiger partial charge in [0.2, 0.25) is 11.1 Å². The molecule has 5 nitrogen and oxygen atoms in total. The fourth-order valence-corrected chi connectivity index (χ4v) is 2.73. The van der Waals surface area contributed by atoms with Crippen LogP contribution in [0.15, 0.2) is 68.6 Å². The molecule has 0 saturated heterocycles. The highest BCUT2D eigenvalue weighted by atomic mass is 16.4. The van der Waals surface area contributed by atoms with Crippen molar-refractivity contribution in [2.75, 3.05) is 0 Å². The standard InChI is InChI=1S/C18H11NO4/c20-15-11-8-4-5-9-12(11)19-17-14(15)16(21)13(18(22)23-17)10-6-2-1-3-7-10/h1-9,21H,(H,19,20). The summed E-state index contributed by atoms with van der Waals surface area (Å²) in [7, 11) is 0. The Morgan fingerprint density at radius 1 is 0.913 bits per heavy atom. The third-order valence-corrected chi connectivity index (χ3v) is 3.81. The lowest BCUT2D eigenvalue weighted by atomic mass is 10.0. The molecule has 0 aliphatic heterocycles. The summed E-state index contributed by atoms with van der Waals surface area (Å²) in [5, 5.41) is 10.9. The van der Waals surface area contributed by atoms with Crippen LogP contribution in [-0.4, -0.2) is 10.1 Å². The smallest absolute Gasteiger partial charge is 0.349 e. The van der Waals surface area contributed by atoms with Gasteiger partial charge >= 0.3 is 5.63 Å². The van der Waals surface area contributed by atoms with Gasteiger partial charge in [-0.05, 0) is 17.7 Å². The van der Waals surface area contributed by atoms with Crippen LogP contribution in [0.4, 0.5) is 0 Å². The number of fused-ring (bicyclic) bond motifs is 2. The van der Waals surface area contributed by atoms with Crippen LogP contribution in [0.5, 0.6) is 5.75 Å². The van der Waals surface area contributed by atoms with E-state index in [1.54, 1.807) is 54.6 Å². The second kappa shape index (κ2) is 4.84. The minimum atomic E-state index is -0.702. The van der Waals surface area contributed by atoms with Gasteiger partial charge in [0.15, 0.2) is 0 Å². The number of aromatic hydroxyl groups is 1. The van der Waals surface area contributed by atoms with E-state index in [2.05, 4.69) is 4.98 Å². The molecule has 112 valence electrons. The first kappa shape index (κ1) is 13.3. The minimum Gasteiger partial charge on any atom is -0.506 e. The van der Waals surface area contributed by atoms with E-state index in [0.717, 1.165) is 0 Å². The van der Waals surface area contributed by atoms with Crippen LogP contribution in [0.2, 0.25) is 0 Å². The molecule has 2 aromatic heterocycles. The van der Waals surface area contributed by atoms with Gasteiger partial charge in [0.1, 0.15) is 16.7 Å². The highest BCUT2D eigenvalue weighted by Gasteiger charge is 2.19. The molecule has 2 N–H and O–H groups in total. The average Bonchev–Trinajstić information content (AvgIpc) is 2.55. The number of pyridine rings is 1. The van der Waals surface area contributed by atoms with E-state index in [1.165, 1.54) is 0 Å². The summed E-state index contributed by atoms with van der Waals surface area (Å²) in [6, 6.07) is 15.5. The van der Waals surface area contributed by atoms with Gasteiger partial charge in [0.25, 0.3) is 0 Å². The van der Waals surface area contributed by atoms with Gasteiger partial charge in [-0.15, -0.1) is 0 Å². The van der Waals surface area contributed by atoms with Crippen molar-refractivity contribution < 1.29 is 9.52 Å². The fourth-order valence-electron chi connectivity index (χ4n) is 2.73. The summed E-state index contributed by atoms with van der Waals surface area (Å²) in [5.41, 5.74) is -0.0945. The molecule has 0 radical (unpaired) electrons. The summed E-state index contributed by atoms with van der Waals surface area (Å²) in [5.74, 6) is -0.366. The molecule has 0 amide bonds. The third kappa shape index (κ3) is 1.94. The first-order valence-electron chi connectivity index (χ1n) is 7.03. The van der Waals surface area contributed by atoms with Gasteiger partial charge in [-0.2, -0.15) is 0 Å². The molecule has 23 heavy (non-hydrogen) atoms. The number of rotatable bonds is 1. The molecule has 0 aliphatic rings. The number of hydrogen-bond donors (Lipinski definition) is 2. The van der Waals surface area contributed by atoms with Crippen LogP contribution in [0, 0.1) is 0 Å². The van der Waals surface area contributed by atoms with E-state index >= 15 is 0 Å². The molecule has 0 atom stereocenters. The third-order valence-electron chi connectivity index (χ3n) is 3.81. The summed E-state index contributed by atoms with van der Waals surface area (Å²) >= 11 is 0. The van der Waals surface area contributed by atoms with Crippen LogP contribution >= 0.6 is 0 Å². The SMILES string of the molecule is O=c1oc2[nH]c3ccccc3c(=O)c2c(O)c1-c1ccccc1. The van der Waals surface area contributed by atoms with Gasteiger partial charge in [-0.3, -0.25) is 4.79 Å². The molecule has 5 heteroatoms. The number of aromatic nitrogens is 1. The van der Waals surface area contributed by atoms with Gasteiger partial charge in [-0.1, -0.05) is 42.5 Å². The normalized spacial score (nSPS) is 11.1. The number of para-hydroxylation sites is 1. The van der Waals surface area contributed by atoms with E-state index in [9.17, 15) is 14.7 Å². The van der Waals surface area contributed by atoms with Crippen LogP contribution in [0.25, 0.3) is 33.1 Å². The largest absolute Gasteiger partial charge is 0.506 e. The molecular formula is C18H11NO4. The van der Waals surface area contributed by atoms with Crippen LogP contribution in [-0.2, 0) is 0 Å². The number of H-pyrrole nitrogens is 1. The Bertz CT molecular complexity index is 1160. The maximum absolute atomic E-state index is 12.7. The van der Waals surface area contributed by atoms with E-state index in [1.807, 2.05) is 0 Å². The molecule has 4 rings (SSSR count). The average molecular weight is 305 g/mol. The summed E-state index contributed by atoms with van der Waals surface area (Å²) in [4.78, 5) is 27.8. The fraction of sp³-hybridized carbons (Fsp3) is 0. The van der Waals surface area contributed by atoms with Crippen molar-refractivity contribution in [2.24, 2.45) is 0 Å². The molecular weight excluding hydrogens is 294 g/mol. The van der Waals surface area contributed by atoms with E-state index in [4.69, 9.17) is 4.42 Å². The molecule has 0 spiro atoms. The van der Waals surface area contributed by atoms with Crippen molar-refractivity contribution in [2.45, 2.75) is 0 Å². The molecule has 4 aromatic rings. The van der Waals surface area contributed by atoms with E-state index in [0.29, 0.717) is 16.5 Å². The first-order valence-corrected chi connectivity index (χ1v) is 7.03. The van der Waals surface area contributed by atoms with Crippen LogP contribution in [0.3, 0.4) is 0 Å². The molecule has 0 fully saturated rings. The van der Waals surface area contributed by atoms with Crippen molar-refractivity contribution in [3.8, 4) is 16.9 Å². The van der Waals surface area contributed by atoms with Crippen molar-refractivity contribution in [3.63, 3.8) is 0 Å². The van der Waals surface area contributed by atoms with Gasteiger partial charge in [0.05, 0.1) is 5.52 Å². The highest BCUT2D eigenvalue weighted by molar-refractivity contribution is 5.96. The topological polar surface area (TPSA) is 83.3 Å². The minimum absolute atomic E-state index is 0.0149. The zero-order valence-electron chi connectivity index (χ0n) is 11.9. The van der Waals surface area contributed by atoms with Gasteiger partial charge < -0.3 is 14.5 Å². The monoisotopic (exact) mass is 305 g/mol. The second-order valence-electron chi connectivity index (χ2n) is 5.18. The summed E-state index contributed by atoms with van der Waals surface area (Å²) < 4.78 is 5.25. The Labute approximate surface area is 129 Å². The molecule has 0 bridgehead atoms. The lowest BCUT2D eigenvalue weighted by Gasteiger charge is -2.07. The summed E-state index contributed by atoms with van der Waals surface area (Å²) in [6.07, 6.45) is 0. The van der Waals surface area contributed by atoms with Crippen molar-refractivity contribution in [3.05, 3.63) is 75.2 Å². The number of hydrogen-bond acceptors (Lipinski definition) is 4. The highest BCUT2D eigenvalue weighted by Crippen LogP contribution is 2.31. The van der Waals surface area contributed by atoms with E-state index in [-0.39, 0.29) is 27.8 Å². The Balaban J connectivity index is 2.21. The summed E-state index contributed by atoms with van der Waals surface area (Å²) in [6.45, 7) is 0. The molecule has 0 saturated carbocycles. The molecule has 2 aromatic carbocycles. The second-order valence-corrected chi connectivity index (χ2v) is 5.18. The zero-order valence-corrected chi connectivity index (χ0v) is 11.9.